The van der Waals surface area contributed by atoms with Gasteiger partial charge in [-0.25, -0.2) is 0 Å². The standard InChI is InChI=1S/C27H26N2O3/c1-17(2)20-10-12-21(13-11-20)24-23(25(30)22-8-6-18(3)7-9-22)26(31)27(32)29(24)16-19-5-4-14-28-15-19/h4-15,17,24,30H,16H2,1-3H3/t24-/m0/s1. The summed E-state index contributed by atoms with van der Waals surface area (Å²) in [5.41, 5.74) is 4.43. The molecule has 1 atom stereocenters. The fraction of sp³-hybridized carbons (Fsp3) is 0.222. The van der Waals surface area contributed by atoms with Crippen LogP contribution in [-0.2, 0) is 16.1 Å². The molecule has 0 unspecified atom stereocenters. The van der Waals surface area contributed by atoms with Crippen molar-refractivity contribution in [2.24, 2.45) is 0 Å². The SMILES string of the molecule is Cc1ccc(C(O)=C2C(=O)C(=O)N(Cc3cccnc3)[C@H]2c2ccc(C(C)C)cc2)cc1. The van der Waals surface area contributed by atoms with Crippen molar-refractivity contribution in [2.45, 2.75) is 39.3 Å². The van der Waals surface area contributed by atoms with Gasteiger partial charge < -0.3 is 10.0 Å². The van der Waals surface area contributed by atoms with Crippen molar-refractivity contribution in [3.8, 4) is 0 Å². The van der Waals surface area contributed by atoms with Crippen molar-refractivity contribution in [3.63, 3.8) is 0 Å². The molecule has 5 nitrogen and oxygen atoms in total. The van der Waals surface area contributed by atoms with Crippen LogP contribution in [0.15, 0.2) is 78.6 Å². The molecule has 1 aliphatic heterocycles. The number of aliphatic hydroxyl groups excluding tert-OH is 1. The van der Waals surface area contributed by atoms with Gasteiger partial charge in [0.05, 0.1) is 11.6 Å². The number of aryl methyl sites for hydroxylation is 1. The summed E-state index contributed by atoms with van der Waals surface area (Å²) in [5.74, 6) is -1.10. The Balaban J connectivity index is 1.84. The molecule has 32 heavy (non-hydrogen) atoms. The first-order valence-electron chi connectivity index (χ1n) is 10.7. The minimum Gasteiger partial charge on any atom is -0.507 e. The van der Waals surface area contributed by atoms with E-state index in [0.29, 0.717) is 11.5 Å². The van der Waals surface area contributed by atoms with Crippen molar-refractivity contribution in [1.82, 2.24) is 9.88 Å². The molecule has 3 aromatic rings. The maximum atomic E-state index is 13.1. The number of hydrogen-bond donors (Lipinski definition) is 1. The molecule has 0 saturated carbocycles. The van der Waals surface area contributed by atoms with Gasteiger partial charge in [-0.2, -0.15) is 0 Å². The van der Waals surface area contributed by atoms with Gasteiger partial charge in [-0.3, -0.25) is 14.6 Å². The highest BCUT2D eigenvalue weighted by Gasteiger charge is 2.46. The zero-order chi connectivity index (χ0) is 22.8. The van der Waals surface area contributed by atoms with Crippen molar-refractivity contribution >= 4 is 17.4 Å². The summed E-state index contributed by atoms with van der Waals surface area (Å²) in [5, 5.41) is 11.1. The third-order valence-corrected chi connectivity index (χ3v) is 5.86. The second-order valence-corrected chi connectivity index (χ2v) is 8.48. The largest absolute Gasteiger partial charge is 0.507 e. The van der Waals surface area contributed by atoms with Crippen LogP contribution in [0.4, 0.5) is 0 Å². The van der Waals surface area contributed by atoms with E-state index in [1.165, 1.54) is 4.90 Å². The summed E-state index contributed by atoms with van der Waals surface area (Å²) < 4.78 is 0. The average molecular weight is 427 g/mol. The predicted octanol–water partition coefficient (Wildman–Crippen LogP) is 5.14. The zero-order valence-corrected chi connectivity index (χ0v) is 18.4. The van der Waals surface area contributed by atoms with Crippen LogP contribution in [0.25, 0.3) is 5.76 Å². The van der Waals surface area contributed by atoms with E-state index in [1.54, 1.807) is 30.6 Å². The van der Waals surface area contributed by atoms with Gasteiger partial charge in [0, 0.05) is 24.5 Å². The average Bonchev–Trinajstić information content (AvgIpc) is 3.05. The first-order chi connectivity index (χ1) is 15.4. The Morgan fingerprint density at radius 2 is 1.72 bits per heavy atom. The number of likely N-dealkylation sites (tertiary alicyclic amines) is 1. The van der Waals surface area contributed by atoms with Gasteiger partial charge in [-0.1, -0.05) is 74.0 Å². The molecule has 1 fully saturated rings. The van der Waals surface area contributed by atoms with Gasteiger partial charge >= 0.3 is 0 Å². The highest BCUT2D eigenvalue weighted by Crippen LogP contribution is 2.40. The van der Waals surface area contributed by atoms with Crippen LogP contribution in [-0.4, -0.2) is 26.7 Å². The number of Topliss-reactive ketones (excluding diaryl/α,β-unsaturated/α-hetero) is 1. The van der Waals surface area contributed by atoms with Gasteiger partial charge in [0.15, 0.2) is 0 Å². The molecule has 2 aromatic carbocycles. The number of rotatable bonds is 5. The number of carbonyl (C=O) groups excluding carboxylic acids is 2. The molecule has 5 heteroatoms. The van der Waals surface area contributed by atoms with E-state index in [1.807, 2.05) is 49.4 Å². The van der Waals surface area contributed by atoms with E-state index < -0.39 is 17.7 Å². The number of amides is 1. The van der Waals surface area contributed by atoms with E-state index in [9.17, 15) is 14.7 Å². The molecule has 162 valence electrons. The summed E-state index contributed by atoms with van der Waals surface area (Å²) in [4.78, 5) is 31.8. The molecular formula is C27H26N2O3. The maximum Gasteiger partial charge on any atom is 0.295 e. The predicted molar refractivity (Wildman–Crippen MR) is 124 cm³/mol. The molecule has 2 heterocycles. The molecule has 1 saturated heterocycles. The highest BCUT2D eigenvalue weighted by atomic mass is 16.3. The van der Waals surface area contributed by atoms with Crippen LogP contribution in [0, 0.1) is 6.92 Å². The molecule has 0 aliphatic carbocycles. The van der Waals surface area contributed by atoms with Gasteiger partial charge in [0.1, 0.15) is 5.76 Å². The molecule has 1 aliphatic rings. The summed E-state index contributed by atoms with van der Waals surface area (Å²) in [6.07, 6.45) is 3.34. The van der Waals surface area contributed by atoms with Crippen LogP contribution in [0.3, 0.4) is 0 Å². The van der Waals surface area contributed by atoms with Crippen molar-refractivity contribution < 1.29 is 14.7 Å². The van der Waals surface area contributed by atoms with Gasteiger partial charge in [-0.15, -0.1) is 0 Å². The Bertz CT molecular complexity index is 1160. The lowest BCUT2D eigenvalue weighted by atomic mass is 9.93. The Morgan fingerprint density at radius 1 is 1.03 bits per heavy atom. The topological polar surface area (TPSA) is 70.5 Å². The molecule has 0 bridgehead atoms. The zero-order valence-electron chi connectivity index (χ0n) is 18.4. The molecule has 0 spiro atoms. The number of pyridine rings is 1. The first-order valence-corrected chi connectivity index (χ1v) is 10.7. The second-order valence-electron chi connectivity index (χ2n) is 8.48. The lowest BCUT2D eigenvalue weighted by molar-refractivity contribution is -0.140. The number of nitrogens with zero attached hydrogens (tertiary/aromatic N) is 2. The summed E-state index contributed by atoms with van der Waals surface area (Å²) in [6, 6.07) is 18.1. The Kier molecular flexibility index (Phi) is 5.91. The third kappa shape index (κ3) is 4.06. The van der Waals surface area contributed by atoms with Crippen LogP contribution < -0.4 is 0 Å². The van der Waals surface area contributed by atoms with Crippen molar-refractivity contribution in [3.05, 3.63) is 106 Å². The molecule has 1 N–H and O–H groups in total. The van der Waals surface area contributed by atoms with Crippen LogP contribution in [0.1, 0.15) is 53.6 Å². The van der Waals surface area contributed by atoms with E-state index >= 15 is 0 Å². The normalized spacial score (nSPS) is 17.9. The van der Waals surface area contributed by atoms with E-state index in [-0.39, 0.29) is 17.9 Å². The number of hydrogen-bond acceptors (Lipinski definition) is 4. The van der Waals surface area contributed by atoms with Crippen LogP contribution in [0.5, 0.6) is 0 Å². The van der Waals surface area contributed by atoms with Crippen molar-refractivity contribution in [2.75, 3.05) is 0 Å². The van der Waals surface area contributed by atoms with E-state index in [0.717, 1.165) is 22.3 Å². The number of ketones is 1. The fourth-order valence-electron chi connectivity index (χ4n) is 4.01. The summed E-state index contributed by atoms with van der Waals surface area (Å²) in [7, 11) is 0. The van der Waals surface area contributed by atoms with Crippen LogP contribution >= 0.6 is 0 Å². The fourth-order valence-corrected chi connectivity index (χ4v) is 4.01. The van der Waals surface area contributed by atoms with Gasteiger partial charge in [-0.05, 0) is 35.6 Å². The van der Waals surface area contributed by atoms with E-state index in [2.05, 4.69) is 18.8 Å². The molecule has 1 aromatic heterocycles. The van der Waals surface area contributed by atoms with Crippen molar-refractivity contribution in [1.29, 1.82) is 0 Å². The third-order valence-electron chi connectivity index (χ3n) is 5.86. The monoisotopic (exact) mass is 426 g/mol. The first kappa shape index (κ1) is 21.5. The number of carbonyl (C=O) groups is 2. The molecular weight excluding hydrogens is 400 g/mol. The minimum atomic E-state index is -0.683. The maximum absolute atomic E-state index is 13.1. The Labute approximate surface area is 188 Å². The summed E-state index contributed by atoms with van der Waals surface area (Å²) >= 11 is 0. The molecule has 4 rings (SSSR count). The molecule has 1 amide bonds. The van der Waals surface area contributed by atoms with Gasteiger partial charge in [0.2, 0.25) is 0 Å². The summed E-state index contributed by atoms with van der Waals surface area (Å²) in [6.45, 7) is 6.40. The minimum absolute atomic E-state index is 0.111. The highest BCUT2D eigenvalue weighted by molar-refractivity contribution is 6.46. The smallest absolute Gasteiger partial charge is 0.295 e. The quantitative estimate of drug-likeness (QED) is 0.349. The Morgan fingerprint density at radius 3 is 2.31 bits per heavy atom. The van der Waals surface area contributed by atoms with Crippen LogP contribution in [0.2, 0.25) is 0 Å². The lowest BCUT2D eigenvalue weighted by Crippen LogP contribution is -2.29. The second kappa shape index (κ2) is 8.79. The number of aliphatic hydroxyl groups is 1. The number of aromatic nitrogens is 1. The number of benzene rings is 2. The lowest BCUT2D eigenvalue weighted by Gasteiger charge is -2.25. The van der Waals surface area contributed by atoms with E-state index in [4.69, 9.17) is 0 Å². The molecule has 0 radical (unpaired) electrons. The Hall–Kier alpha value is -3.73. The van der Waals surface area contributed by atoms with Gasteiger partial charge in [0.25, 0.3) is 11.7 Å².